The minimum atomic E-state index is -0.653. The highest BCUT2D eigenvalue weighted by Gasteiger charge is 2.32. The van der Waals surface area contributed by atoms with Gasteiger partial charge in [0.1, 0.15) is 18.1 Å². The smallest absolute Gasteiger partial charge is 0.338 e. The number of nitrogens with one attached hydrogen (secondary N) is 3. The highest BCUT2D eigenvalue weighted by Crippen LogP contribution is 2.34. The average molecular weight is 697 g/mol. The Morgan fingerprint density at radius 3 is 2.70 bits per heavy atom. The van der Waals surface area contributed by atoms with Crippen LogP contribution >= 0.6 is 39.7 Å². The first kappa shape index (κ1) is 32.5. The predicted octanol–water partition coefficient (Wildman–Crippen LogP) is 5.44. The molecule has 13 heteroatoms. The highest BCUT2D eigenvalue weighted by atomic mass is 79.9. The van der Waals surface area contributed by atoms with Crippen molar-refractivity contribution in [1.82, 2.24) is 16.1 Å². The first-order valence-corrected chi connectivity index (χ1v) is 14.9. The molecular formula is C31H27BrClN5O5S. The summed E-state index contributed by atoms with van der Waals surface area (Å²) in [6.45, 7) is 3.44. The standard InChI is InChI=1S/C31H27BrClN5O5S/c1-3-41-30(40)27-18(2)36-31(44)37-28(27)23-10-6-7-11-25(23)42-17-26(39)38-35-15-21-12-22(33)13-24(32)29(21)43-16-20-9-5-4-8-19(20)14-34/h4-13,15,28H,3,16-17H2,1-2H3,(H,38,39)(H2,36,37,44)/t28-/m1/s1. The van der Waals surface area contributed by atoms with E-state index in [4.69, 9.17) is 38.0 Å². The lowest BCUT2D eigenvalue weighted by Crippen LogP contribution is -2.45. The quantitative estimate of drug-likeness (QED) is 0.104. The molecule has 1 amide bonds. The topological polar surface area (TPSA) is 134 Å². The molecule has 0 unspecified atom stereocenters. The van der Waals surface area contributed by atoms with Gasteiger partial charge >= 0.3 is 5.97 Å². The number of benzene rings is 3. The number of nitriles is 1. The molecule has 0 radical (unpaired) electrons. The van der Waals surface area contributed by atoms with Gasteiger partial charge in [-0.3, -0.25) is 4.79 Å². The van der Waals surface area contributed by atoms with E-state index in [2.05, 4.69) is 43.2 Å². The molecule has 3 N–H and O–H groups in total. The predicted molar refractivity (Wildman–Crippen MR) is 173 cm³/mol. The summed E-state index contributed by atoms with van der Waals surface area (Å²) in [4.78, 5) is 25.4. The maximum Gasteiger partial charge on any atom is 0.338 e. The van der Waals surface area contributed by atoms with Gasteiger partial charge in [0.15, 0.2) is 11.7 Å². The van der Waals surface area contributed by atoms with Crippen molar-refractivity contribution in [3.63, 3.8) is 0 Å². The SMILES string of the molecule is CCOC(=O)C1=C(C)NC(=S)N[C@@H]1c1ccccc1OCC(=O)NN=Cc1cc(Cl)cc(Br)c1OCc1ccccc1C#N. The number of carbonyl (C=O) groups excluding carboxylic acids is 2. The van der Waals surface area contributed by atoms with E-state index in [-0.39, 0.29) is 19.8 Å². The van der Waals surface area contributed by atoms with Crippen LogP contribution in [-0.4, -0.2) is 36.4 Å². The molecule has 0 bridgehead atoms. The van der Waals surface area contributed by atoms with Gasteiger partial charge in [-0.2, -0.15) is 10.4 Å². The molecule has 3 aromatic carbocycles. The second-order valence-corrected chi connectivity index (χ2v) is 11.0. The molecule has 0 aliphatic carbocycles. The lowest BCUT2D eigenvalue weighted by atomic mass is 9.95. The second kappa shape index (κ2) is 15.3. The molecule has 1 atom stereocenters. The molecular weight excluding hydrogens is 670 g/mol. The Morgan fingerprint density at radius 2 is 1.93 bits per heavy atom. The number of halogens is 2. The fourth-order valence-corrected chi connectivity index (χ4v) is 5.56. The van der Waals surface area contributed by atoms with Crippen LogP contribution in [-0.2, 0) is 20.9 Å². The average Bonchev–Trinajstić information content (AvgIpc) is 2.99. The Balaban J connectivity index is 1.45. The van der Waals surface area contributed by atoms with Crippen LogP contribution < -0.4 is 25.5 Å². The van der Waals surface area contributed by atoms with E-state index in [0.29, 0.717) is 59.6 Å². The summed E-state index contributed by atoms with van der Waals surface area (Å²) in [5.41, 5.74) is 5.66. The van der Waals surface area contributed by atoms with Crippen molar-refractivity contribution < 1.29 is 23.8 Å². The van der Waals surface area contributed by atoms with Crippen molar-refractivity contribution >= 4 is 63.0 Å². The molecule has 10 nitrogen and oxygen atoms in total. The molecule has 0 aromatic heterocycles. The van der Waals surface area contributed by atoms with Crippen LogP contribution in [0.3, 0.4) is 0 Å². The van der Waals surface area contributed by atoms with Crippen LogP contribution in [0.1, 0.15) is 42.1 Å². The van der Waals surface area contributed by atoms with E-state index < -0.39 is 17.9 Å². The van der Waals surface area contributed by atoms with Crippen LogP contribution in [0.25, 0.3) is 0 Å². The number of thiocarbonyl (C=S) groups is 1. The first-order valence-electron chi connectivity index (χ1n) is 13.3. The number of esters is 1. The number of para-hydroxylation sites is 1. The Bertz CT molecular complexity index is 1690. The van der Waals surface area contributed by atoms with E-state index in [1.807, 2.05) is 6.07 Å². The Kier molecular flexibility index (Phi) is 11.3. The molecule has 0 saturated heterocycles. The minimum Gasteiger partial charge on any atom is -0.487 e. The fraction of sp³-hybridized carbons (Fsp3) is 0.194. The number of hydrogen-bond donors (Lipinski definition) is 3. The highest BCUT2D eigenvalue weighted by molar-refractivity contribution is 9.10. The van der Waals surface area contributed by atoms with E-state index in [1.165, 1.54) is 6.21 Å². The third-order valence-electron chi connectivity index (χ3n) is 6.29. The summed E-state index contributed by atoms with van der Waals surface area (Å²) in [7, 11) is 0. The first-order chi connectivity index (χ1) is 21.2. The largest absolute Gasteiger partial charge is 0.487 e. The summed E-state index contributed by atoms with van der Waals surface area (Å²) in [6, 6.07) is 18.9. The zero-order valence-electron chi connectivity index (χ0n) is 23.6. The third-order valence-corrected chi connectivity index (χ3v) is 7.32. The van der Waals surface area contributed by atoms with E-state index >= 15 is 0 Å². The lowest BCUT2D eigenvalue weighted by molar-refractivity contribution is -0.139. The zero-order chi connectivity index (χ0) is 31.6. The number of hydrogen-bond acceptors (Lipinski definition) is 8. The summed E-state index contributed by atoms with van der Waals surface area (Å²) in [5, 5.41) is 20.2. The van der Waals surface area contributed by atoms with Crippen LogP contribution in [0.2, 0.25) is 5.02 Å². The van der Waals surface area contributed by atoms with Crippen LogP contribution in [0.4, 0.5) is 0 Å². The third kappa shape index (κ3) is 8.13. The molecule has 3 aromatic rings. The molecule has 0 fully saturated rings. The molecule has 0 saturated carbocycles. The minimum absolute atomic E-state index is 0.133. The Hall–Kier alpha value is -4.44. The Labute approximate surface area is 273 Å². The summed E-state index contributed by atoms with van der Waals surface area (Å²) in [5.74, 6) is -0.229. The van der Waals surface area contributed by atoms with Crippen LogP contribution in [0, 0.1) is 11.3 Å². The van der Waals surface area contributed by atoms with E-state index in [1.54, 1.807) is 68.4 Å². The van der Waals surface area contributed by atoms with Crippen molar-refractivity contribution in [2.75, 3.05) is 13.2 Å². The van der Waals surface area contributed by atoms with Gasteiger partial charge in [0.25, 0.3) is 5.91 Å². The van der Waals surface area contributed by atoms with Gasteiger partial charge in [0, 0.05) is 27.4 Å². The number of ether oxygens (including phenoxy) is 3. The van der Waals surface area contributed by atoms with Crippen molar-refractivity contribution in [3.8, 4) is 17.6 Å². The molecule has 1 aliphatic heterocycles. The van der Waals surface area contributed by atoms with E-state index in [0.717, 1.165) is 0 Å². The van der Waals surface area contributed by atoms with Gasteiger partial charge in [-0.25, -0.2) is 10.2 Å². The van der Waals surface area contributed by atoms with Gasteiger partial charge in [-0.05, 0) is 66.3 Å². The van der Waals surface area contributed by atoms with Crippen molar-refractivity contribution in [2.24, 2.45) is 5.10 Å². The maximum absolute atomic E-state index is 12.8. The summed E-state index contributed by atoms with van der Waals surface area (Å²) < 4.78 is 17.7. The number of nitrogens with zero attached hydrogens (tertiary/aromatic N) is 2. The molecule has 0 spiro atoms. The molecule has 44 heavy (non-hydrogen) atoms. The molecule has 1 heterocycles. The second-order valence-electron chi connectivity index (χ2n) is 9.27. The number of amides is 1. The molecule has 226 valence electrons. The van der Waals surface area contributed by atoms with Gasteiger partial charge in [0.05, 0.1) is 40.5 Å². The number of hydrazone groups is 1. The van der Waals surface area contributed by atoms with Gasteiger partial charge in [0.2, 0.25) is 0 Å². The zero-order valence-corrected chi connectivity index (χ0v) is 26.8. The van der Waals surface area contributed by atoms with Crippen LogP contribution in [0.15, 0.2) is 81.5 Å². The van der Waals surface area contributed by atoms with Crippen molar-refractivity contribution in [1.29, 1.82) is 5.26 Å². The fourth-order valence-electron chi connectivity index (χ4n) is 4.34. The molecule has 4 rings (SSSR count). The summed E-state index contributed by atoms with van der Waals surface area (Å²) in [6.07, 6.45) is 1.40. The normalized spacial score (nSPS) is 14.3. The number of rotatable bonds is 11. The van der Waals surface area contributed by atoms with Gasteiger partial charge in [-0.15, -0.1) is 0 Å². The maximum atomic E-state index is 12.8. The van der Waals surface area contributed by atoms with Crippen molar-refractivity contribution in [3.05, 3.63) is 104 Å². The number of carbonyl (C=O) groups is 2. The van der Waals surface area contributed by atoms with Gasteiger partial charge < -0.3 is 24.8 Å². The van der Waals surface area contributed by atoms with E-state index in [9.17, 15) is 14.9 Å². The van der Waals surface area contributed by atoms with Gasteiger partial charge in [-0.1, -0.05) is 48.0 Å². The summed E-state index contributed by atoms with van der Waals surface area (Å²) >= 11 is 15.0. The van der Waals surface area contributed by atoms with Crippen LogP contribution in [0.5, 0.6) is 11.5 Å². The Morgan fingerprint density at radius 1 is 1.18 bits per heavy atom. The monoisotopic (exact) mass is 695 g/mol. The number of allylic oxidation sites excluding steroid dienone is 1. The lowest BCUT2D eigenvalue weighted by Gasteiger charge is -2.30. The molecule has 1 aliphatic rings. The van der Waals surface area contributed by atoms with Crippen molar-refractivity contribution in [2.45, 2.75) is 26.5 Å².